The molecule has 0 N–H and O–H groups in total. The fourth-order valence-electron chi connectivity index (χ4n) is 1.02. The minimum absolute atomic E-state index is 0.122. The van der Waals surface area contributed by atoms with Crippen molar-refractivity contribution < 1.29 is 17.6 Å². The Morgan fingerprint density at radius 2 is 1.80 bits per heavy atom. The molecule has 1 fully saturated rings. The number of hydrogen-bond donors (Lipinski definition) is 0. The molecule has 0 aromatic carbocycles. The topological polar surface area (TPSA) is 0 Å². The smallest absolute Gasteiger partial charge is 0.200 e. The molecular weight excluding hydrogens is 148 g/mol. The van der Waals surface area contributed by atoms with Gasteiger partial charge in [-0.2, -0.15) is 17.6 Å². The zero-order chi connectivity index (χ0) is 7.99. The summed E-state index contributed by atoms with van der Waals surface area (Å²) in [7, 11) is 0. The highest BCUT2D eigenvalue weighted by Gasteiger charge is 2.70. The van der Waals surface area contributed by atoms with Crippen LogP contribution in [-0.2, 0) is 0 Å². The molecule has 1 aliphatic carbocycles. The minimum atomic E-state index is -3.81. The molecule has 0 aromatic rings. The van der Waals surface area contributed by atoms with Crippen LogP contribution in [-0.4, -0.2) is 11.8 Å². The Bertz CT molecular complexity index is 141. The highest BCUT2D eigenvalue weighted by molar-refractivity contribution is 5.03. The van der Waals surface area contributed by atoms with Crippen LogP contribution in [0, 0.1) is 12.8 Å². The predicted molar refractivity (Wildman–Crippen MR) is 28.0 cm³/mol. The van der Waals surface area contributed by atoms with Crippen molar-refractivity contribution in [3.05, 3.63) is 6.92 Å². The van der Waals surface area contributed by atoms with Gasteiger partial charge < -0.3 is 0 Å². The van der Waals surface area contributed by atoms with Crippen LogP contribution in [0.25, 0.3) is 0 Å². The van der Waals surface area contributed by atoms with Crippen molar-refractivity contribution in [1.29, 1.82) is 0 Å². The van der Waals surface area contributed by atoms with Gasteiger partial charge >= 0.3 is 11.8 Å². The molecule has 0 bridgehead atoms. The Balaban J connectivity index is 2.65. The third-order valence-electron chi connectivity index (χ3n) is 1.85. The second-order valence-electron chi connectivity index (χ2n) is 2.52. The van der Waals surface area contributed by atoms with Crippen LogP contribution in [0.2, 0.25) is 0 Å². The van der Waals surface area contributed by atoms with Crippen molar-refractivity contribution in [3.8, 4) is 0 Å². The van der Waals surface area contributed by atoms with Crippen LogP contribution < -0.4 is 0 Å². The van der Waals surface area contributed by atoms with E-state index >= 15 is 0 Å². The largest absolute Gasteiger partial charge is 0.313 e. The highest BCUT2D eigenvalue weighted by Crippen LogP contribution is 2.56. The summed E-state index contributed by atoms with van der Waals surface area (Å²) in [6.45, 7) is 3.16. The standard InChI is InChI=1S/C6H7F4/c1-2-4-3-5(7,8)6(4,9)10/h4H,1-3H2. The summed E-state index contributed by atoms with van der Waals surface area (Å²) < 4.78 is 48.3. The maximum absolute atomic E-state index is 12.2. The summed E-state index contributed by atoms with van der Waals surface area (Å²) in [6.07, 6.45) is -0.841. The number of rotatable bonds is 1. The SMILES string of the molecule is [CH2]CC1CC(F)(F)C1(F)F. The van der Waals surface area contributed by atoms with E-state index in [-0.39, 0.29) is 6.42 Å². The van der Waals surface area contributed by atoms with Crippen molar-refractivity contribution in [1.82, 2.24) is 0 Å². The lowest BCUT2D eigenvalue weighted by Gasteiger charge is -2.43. The summed E-state index contributed by atoms with van der Waals surface area (Å²) in [5.41, 5.74) is 0. The molecule has 0 spiro atoms. The first kappa shape index (κ1) is 7.82. The van der Waals surface area contributed by atoms with Gasteiger partial charge in [-0.15, -0.1) is 0 Å². The van der Waals surface area contributed by atoms with Crippen LogP contribution in [0.3, 0.4) is 0 Å². The van der Waals surface area contributed by atoms with E-state index in [0.29, 0.717) is 0 Å². The van der Waals surface area contributed by atoms with Gasteiger partial charge in [-0.25, -0.2) is 0 Å². The lowest BCUT2D eigenvalue weighted by molar-refractivity contribution is -0.312. The van der Waals surface area contributed by atoms with Gasteiger partial charge in [-0.1, -0.05) is 6.92 Å². The Morgan fingerprint density at radius 3 is 1.90 bits per heavy atom. The highest BCUT2D eigenvalue weighted by atomic mass is 19.3. The number of halogens is 4. The Kier molecular flexibility index (Phi) is 1.45. The van der Waals surface area contributed by atoms with E-state index in [9.17, 15) is 17.6 Å². The zero-order valence-corrected chi connectivity index (χ0v) is 5.21. The molecule has 0 amide bonds. The van der Waals surface area contributed by atoms with Gasteiger partial charge in [-0.3, -0.25) is 0 Å². The first-order valence-corrected chi connectivity index (χ1v) is 2.96. The Morgan fingerprint density at radius 1 is 1.30 bits per heavy atom. The lowest BCUT2D eigenvalue weighted by Crippen LogP contribution is -2.58. The molecular formula is C6H7F4. The summed E-state index contributed by atoms with van der Waals surface area (Å²) >= 11 is 0. The summed E-state index contributed by atoms with van der Waals surface area (Å²) in [5, 5.41) is 0. The van der Waals surface area contributed by atoms with Gasteiger partial charge in [0.05, 0.1) is 0 Å². The molecule has 1 radical (unpaired) electrons. The third kappa shape index (κ3) is 0.739. The van der Waals surface area contributed by atoms with E-state index in [0.717, 1.165) is 0 Å². The summed E-state index contributed by atoms with van der Waals surface area (Å²) in [4.78, 5) is 0. The zero-order valence-electron chi connectivity index (χ0n) is 5.21. The van der Waals surface area contributed by atoms with Crippen molar-refractivity contribution in [2.24, 2.45) is 5.92 Å². The molecule has 4 heteroatoms. The molecule has 0 aliphatic heterocycles. The van der Waals surface area contributed by atoms with Crippen molar-refractivity contribution in [2.75, 3.05) is 0 Å². The second-order valence-corrected chi connectivity index (χ2v) is 2.52. The average molecular weight is 155 g/mol. The van der Waals surface area contributed by atoms with Crippen LogP contribution in [0.4, 0.5) is 17.6 Å². The molecule has 10 heavy (non-hydrogen) atoms. The van der Waals surface area contributed by atoms with Crippen LogP contribution in [0.1, 0.15) is 12.8 Å². The fourth-order valence-corrected chi connectivity index (χ4v) is 1.02. The predicted octanol–water partition coefficient (Wildman–Crippen LogP) is 2.50. The van der Waals surface area contributed by atoms with Gasteiger partial charge in [0.2, 0.25) is 0 Å². The Labute approximate surface area is 56.2 Å². The number of alkyl halides is 4. The monoisotopic (exact) mass is 155 g/mol. The lowest BCUT2D eigenvalue weighted by atomic mass is 9.75. The third-order valence-corrected chi connectivity index (χ3v) is 1.85. The second kappa shape index (κ2) is 1.86. The van der Waals surface area contributed by atoms with Crippen molar-refractivity contribution in [2.45, 2.75) is 24.7 Å². The minimum Gasteiger partial charge on any atom is -0.200 e. The van der Waals surface area contributed by atoms with E-state index < -0.39 is 24.2 Å². The molecule has 1 atom stereocenters. The van der Waals surface area contributed by atoms with E-state index in [2.05, 4.69) is 6.92 Å². The molecule has 1 unspecified atom stereocenters. The first-order valence-electron chi connectivity index (χ1n) is 2.96. The maximum Gasteiger partial charge on any atom is 0.313 e. The molecule has 59 valence electrons. The Hall–Kier alpha value is -0.280. The molecule has 1 rings (SSSR count). The maximum atomic E-state index is 12.2. The first-order chi connectivity index (χ1) is 4.42. The van der Waals surface area contributed by atoms with Crippen molar-refractivity contribution >= 4 is 0 Å². The average Bonchev–Trinajstić information content (AvgIpc) is 1.83. The van der Waals surface area contributed by atoms with E-state index in [1.54, 1.807) is 0 Å². The molecule has 0 saturated heterocycles. The van der Waals surface area contributed by atoms with Crippen LogP contribution in [0.15, 0.2) is 0 Å². The van der Waals surface area contributed by atoms with E-state index in [1.165, 1.54) is 0 Å². The summed E-state index contributed by atoms with van der Waals surface area (Å²) in [5.74, 6) is -8.81. The van der Waals surface area contributed by atoms with Gasteiger partial charge in [0.1, 0.15) is 0 Å². The van der Waals surface area contributed by atoms with Gasteiger partial charge in [0.25, 0.3) is 0 Å². The normalized spacial score (nSPS) is 35.1. The number of hydrogen-bond acceptors (Lipinski definition) is 0. The molecule has 0 aromatic heterocycles. The molecule has 1 aliphatic rings. The van der Waals surface area contributed by atoms with E-state index in [1.807, 2.05) is 0 Å². The van der Waals surface area contributed by atoms with Crippen LogP contribution in [0.5, 0.6) is 0 Å². The fraction of sp³-hybridized carbons (Fsp3) is 0.833. The molecule has 0 nitrogen and oxygen atoms in total. The summed E-state index contributed by atoms with van der Waals surface area (Å²) in [6, 6.07) is 0. The van der Waals surface area contributed by atoms with E-state index in [4.69, 9.17) is 0 Å². The van der Waals surface area contributed by atoms with Gasteiger partial charge in [0, 0.05) is 12.3 Å². The van der Waals surface area contributed by atoms with Crippen LogP contribution >= 0.6 is 0 Å². The van der Waals surface area contributed by atoms with Gasteiger partial charge in [0.15, 0.2) is 0 Å². The van der Waals surface area contributed by atoms with Gasteiger partial charge in [-0.05, 0) is 6.42 Å². The quantitative estimate of drug-likeness (QED) is 0.510. The molecule has 1 saturated carbocycles. The van der Waals surface area contributed by atoms with Crippen molar-refractivity contribution in [3.63, 3.8) is 0 Å². The molecule has 0 heterocycles.